The van der Waals surface area contributed by atoms with Crippen molar-refractivity contribution in [2.24, 2.45) is 0 Å². The maximum absolute atomic E-state index is 12.9. The van der Waals surface area contributed by atoms with Crippen LogP contribution in [0.15, 0.2) is 18.9 Å². The standard InChI is InChI=1S/C26H49N3O5Si2/c1-12-14-32-24(31)29-18-19(34-36(10,11)26(5,6)7)16-22(29)23(30)20-17-27-28-21(20)13-15-33-35(8,9)25(2,3)4/h12,17,19,22-23,30H,1,13-16,18H2,2-11H3,(H,27,28)/t19-,22+,23?/m1/s1. The molecule has 8 nitrogen and oxygen atoms in total. The lowest BCUT2D eigenvalue weighted by Crippen LogP contribution is -2.45. The maximum atomic E-state index is 12.9. The second-order valence-electron chi connectivity index (χ2n) is 12.9. The van der Waals surface area contributed by atoms with Gasteiger partial charge in [-0.25, -0.2) is 4.79 Å². The molecule has 0 spiro atoms. The first-order chi connectivity index (χ1) is 16.4. The van der Waals surface area contributed by atoms with Gasteiger partial charge in [0.1, 0.15) is 12.7 Å². The summed E-state index contributed by atoms with van der Waals surface area (Å²) in [4.78, 5) is 14.5. The highest BCUT2D eigenvalue weighted by Gasteiger charge is 2.46. The van der Waals surface area contributed by atoms with Crippen molar-refractivity contribution in [3.05, 3.63) is 30.1 Å². The SMILES string of the molecule is C=CCOC(=O)N1C[C@H](O[Si](C)(C)C(C)(C)C)C[C@H]1C(O)c1cn[nH]c1CCO[Si](C)(C)C(C)(C)C. The first-order valence-electron chi connectivity index (χ1n) is 13.0. The number of hydrogen-bond acceptors (Lipinski definition) is 6. The Labute approximate surface area is 220 Å². The van der Waals surface area contributed by atoms with Gasteiger partial charge < -0.3 is 18.7 Å². The molecule has 1 aromatic heterocycles. The number of H-pyrrole nitrogens is 1. The number of hydrogen-bond donors (Lipinski definition) is 2. The molecule has 0 radical (unpaired) electrons. The third-order valence-corrected chi connectivity index (χ3v) is 17.3. The molecule has 1 unspecified atom stereocenters. The molecule has 2 rings (SSSR count). The summed E-state index contributed by atoms with van der Waals surface area (Å²) >= 11 is 0. The first kappa shape index (κ1) is 30.8. The summed E-state index contributed by atoms with van der Waals surface area (Å²) in [6.07, 6.45) is 2.78. The van der Waals surface area contributed by atoms with Gasteiger partial charge in [-0.05, 0) is 42.7 Å². The van der Waals surface area contributed by atoms with Crippen LogP contribution in [0.4, 0.5) is 4.79 Å². The predicted octanol–water partition coefficient (Wildman–Crippen LogP) is 5.79. The molecule has 0 bridgehead atoms. The van der Waals surface area contributed by atoms with Crippen LogP contribution in [0.2, 0.25) is 36.3 Å². The second kappa shape index (κ2) is 11.5. The highest BCUT2D eigenvalue weighted by molar-refractivity contribution is 6.74. The molecule has 0 aromatic carbocycles. The Hall–Kier alpha value is -1.47. The van der Waals surface area contributed by atoms with E-state index in [0.29, 0.717) is 31.6 Å². The molecule has 36 heavy (non-hydrogen) atoms. The molecular weight excluding hydrogens is 490 g/mol. The summed E-state index contributed by atoms with van der Waals surface area (Å²) in [5.41, 5.74) is 1.52. The van der Waals surface area contributed by atoms with E-state index in [-0.39, 0.29) is 22.8 Å². The molecule has 3 atom stereocenters. The van der Waals surface area contributed by atoms with Gasteiger partial charge in [0.25, 0.3) is 0 Å². The zero-order valence-corrected chi connectivity index (χ0v) is 26.1. The van der Waals surface area contributed by atoms with Crippen molar-refractivity contribution in [1.29, 1.82) is 0 Å². The van der Waals surface area contributed by atoms with E-state index in [1.807, 2.05) is 0 Å². The van der Waals surface area contributed by atoms with Crippen molar-refractivity contribution in [2.45, 2.75) is 109 Å². The van der Waals surface area contributed by atoms with Gasteiger partial charge in [0.2, 0.25) is 0 Å². The van der Waals surface area contributed by atoms with Crippen molar-refractivity contribution in [3.63, 3.8) is 0 Å². The lowest BCUT2D eigenvalue weighted by molar-refractivity contribution is 0.0546. The second-order valence-corrected chi connectivity index (χ2v) is 22.5. The zero-order valence-electron chi connectivity index (χ0n) is 24.1. The third-order valence-electron chi connectivity index (χ3n) is 8.19. The Balaban J connectivity index is 2.20. The van der Waals surface area contributed by atoms with Gasteiger partial charge in [-0.15, -0.1) is 0 Å². The molecular formula is C26H49N3O5Si2. The van der Waals surface area contributed by atoms with E-state index in [9.17, 15) is 9.90 Å². The van der Waals surface area contributed by atoms with Crippen molar-refractivity contribution < 1.29 is 23.5 Å². The number of carbonyl (C=O) groups excluding carboxylic acids is 1. The van der Waals surface area contributed by atoms with Crippen LogP contribution in [0.25, 0.3) is 0 Å². The molecule has 0 aliphatic carbocycles. The largest absolute Gasteiger partial charge is 0.445 e. The number of likely N-dealkylation sites (tertiary alicyclic amines) is 1. The third kappa shape index (κ3) is 7.31. The summed E-state index contributed by atoms with van der Waals surface area (Å²) in [5, 5.41) is 18.9. The molecule has 0 saturated carbocycles. The van der Waals surface area contributed by atoms with E-state index in [0.717, 1.165) is 5.69 Å². The molecule has 10 heteroatoms. The van der Waals surface area contributed by atoms with Crippen LogP contribution in [0, 0.1) is 0 Å². The van der Waals surface area contributed by atoms with Gasteiger partial charge in [-0.3, -0.25) is 10.00 Å². The zero-order chi connectivity index (χ0) is 27.5. The summed E-state index contributed by atoms with van der Waals surface area (Å²) in [7, 11) is -3.94. The van der Waals surface area contributed by atoms with Gasteiger partial charge in [-0.1, -0.05) is 54.2 Å². The van der Waals surface area contributed by atoms with Crippen LogP contribution in [-0.4, -0.2) is 74.8 Å². The molecule has 1 aliphatic heterocycles. The number of aromatic nitrogens is 2. The van der Waals surface area contributed by atoms with E-state index in [1.165, 1.54) is 0 Å². The molecule has 2 heterocycles. The van der Waals surface area contributed by atoms with Gasteiger partial charge in [0, 0.05) is 30.8 Å². The van der Waals surface area contributed by atoms with E-state index >= 15 is 0 Å². The highest BCUT2D eigenvalue weighted by atomic mass is 28.4. The molecule has 1 amide bonds. The molecule has 1 fully saturated rings. The Kier molecular flexibility index (Phi) is 9.83. The highest BCUT2D eigenvalue weighted by Crippen LogP contribution is 2.41. The number of aliphatic hydroxyl groups is 1. The summed E-state index contributed by atoms with van der Waals surface area (Å²) in [6, 6.07) is -0.477. The molecule has 1 aromatic rings. The Morgan fingerprint density at radius 1 is 1.22 bits per heavy atom. The normalized spacial score (nSPS) is 20.5. The Morgan fingerprint density at radius 3 is 2.39 bits per heavy atom. The summed E-state index contributed by atoms with van der Waals surface area (Å²) < 4.78 is 18.3. The fourth-order valence-corrected chi connectivity index (χ4v) is 6.24. The molecule has 1 saturated heterocycles. The minimum Gasteiger partial charge on any atom is -0.445 e. The minimum absolute atomic E-state index is 0.0414. The van der Waals surface area contributed by atoms with E-state index in [2.05, 4.69) is 84.5 Å². The monoisotopic (exact) mass is 539 g/mol. The topological polar surface area (TPSA) is 96.9 Å². The summed E-state index contributed by atoms with van der Waals surface area (Å²) in [5.74, 6) is 0. The van der Waals surface area contributed by atoms with Crippen molar-refractivity contribution in [2.75, 3.05) is 19.8 Å². The maximum Gasteiger partial charge on any atom is 0.410 e. The number of carbonyl (C=O) groups is 1. The van der Waals surface area contributed by atoms with Gasteiger partial charge in [0.15, 0.2) is 16.6 Å². The Morgan fingerprint density at radius 2 is 1.83 bits per heavy atom. The number of rotatable bonds is 10. The fourth-order valence-electron chi connectivity index (χ4n) is 3.84. The van der Waals surface area contributed by atoms with Crippen LogP contribution in [0.1, 0.15) is 65.3 Å². The van der Waals surface area contributed by atoms with E-state index in [4.69, 9.17) is 13.6 Å². The quantitative estimate of drug-likeness (QED) is 0.288. The van der Waals surface area contributed by atoms with Crippen molar-refractivity contribution >= 4 is 22.7 Å². The molecule has 206 valence electrons. The lowest BCUT2D eigenvalue weighted by atomic mass is 9.99. The van der Waals surface area contributed by atoms with Crippen LogP contribution >= 0.6 is 0 Å². The molecule has 2 N–H and O–H groups in total. The van der Waals surface area contributed by atoms with E-state index in [1.54, 1.807) is 17.2 Å². The van der Waals surface area contributed by atoms with Crippen molar-refractivity contribution in [3.8, 4) is 0 Å². The number of amides is 1. The number of aromatic amines is 1. The predicted molar refractivity (Wildman–Crippen MR) is 149 cm³/mol. The number of ether oxygens (including phenoxy) is 1. The first-order valence-corrected chi connectivity index (χ1v) is 18.8. The number of nitrogens with zero attached hydrogens (tertiary/aromatic N) is 2. The molecule has 1 aliphatic rings. The van der Waals surface area contributed by atoms with Gasteiger partial charge in [-0.2, -0.15) is 5.10 Å². The van der Waals surface area contributed by atoms with Crippen LogP contribution in [-0.2, 0) is 20.0 Å². The smallest absolute Gasteiger partial charge is 0.410 e. The van der Waals surface area contributed by atoms with Crippen LogP contribution in [0.5, 0.6) is 0 Å². The summed E-state index contributed by atoms with van der Waals surface area (Å²) in [6.45, 7) is 26.8. The van der Waals surface area contributed by atoms with Gasteiger partial charge in [0.05, 0.1) is 18.3 Å². The Bertz CT molecular complexity index is 889. The average Bonchev–Trinajstić information content (AvgIpc) is 3.36. The van der Waals surface area contributed by atoms with E-state index < -0.39 is 34.9 Å². The van der Waals surface area contributed by atoms with Gasteiger partial charge >= 0.3 is 6.09 Å². The average molecular weight is 540 g/mol. The number of nitrogens with one attached hydrogen (secondary N) is 1. The minimum atomic E-state index is -2.06. The fraction of sp³-hybridized carbons (Fsp3) is 0.769. The van der Waals surface area contributed by atoms with Crippen molar-refractivity contribution in [1.82, 2.24) is 15.1 Å². The van der Waals surface area contributed by atoms with Crippen LogP contribution < -0.4 is 0 Å². The van der Waals surface area contributed by atoms with Crippen LogP contribution in [0.3, 0.4) is 0 Å². The lowest BCUT2D eigenvalue weighted by Gasteiger charge is -2.38. The number of aliphatic hydroxyl groups excluding tert-OH is 1.